The van der Waals surface area contributed by atoms with Crippen LogP contribution in [0.15, 0.2) is 88.7 Å². The number of hydrogen-bond acceptors (Lipinski definition) is 2. The van der Waals surface area contributed by atoms with Crippen LogP contribution in [0.5, 0.6) is 0 Å². The van der Waals surface area contributed by atoms with Crippen molar-refractivity contribution in [1.29, 1.82) is 0 Å². The molecule has 0 unspecified atom stereocenters. The zero-order valence-corrected chi connectivity index (χ0v) is 16.0. The van der Waals surface area contributed by atoms with Gasteiger partial charge in [-0.25, -0.2) is 0 Å². The molecule has 125 valence electrons. The second kappa shape index (κ2) is 8.04. The first-order valence-electron chi connectivity index (χ1n) is 8.82. The maximum absolute atomic E-state index is 6.18. The van der Waals surface area contributed by atoms with Crippen molar-refractivity contribution in [1.82, 2.24) is 0 Å². The summed E-state index contributed by atoms with van der Waals surface area (Å²) in [7, 11) is -0.900. The van der Waals surface area contributed by atoms with E-state index in [1.54, 1.807) is 0 Å². The first kappa shape index (κ1) is 16.6. The Morgan fingerprint density at radius 1 is 0.720 bits per heavy atom. The van der Waals surface area contributed by atoms with Crippen LogP contribution in [0.25, 0.3) is 11.1 Å². The lowest BCUT2D eigenvalue weighted by Crippen LogP contribution is -2.37. The van der Waals surface area contributed by atoms with Crippen LogP contribution in [0.2, 0.25) is 6.04 Å². The van der Waals surface area contributed by atoms with E-state index in [0.29, 0.717) is 0 Å². The molecule has 1 aliphatic rings. The minimum Gasteiger partial charge on any atom is -0.412 e. The molecule has 0 saturated carbocycles. The highest BCUT2D eigenvalue weighted by Crippen LogP contribution is 2.35. The van der Waals surface area contributed by atoms with E-state index in [1.165, 1.54) is 45.0 Å². The van der Waals surface area contributed by atoms with Gasteiger partial charge in [0.2, 0.25) is 9.04 Å². The summed E-state index contributed by atoms with van der Waals surface area (Å²) in [4.78, 5) is 2.58. The fourth-order valence-electron chi connectivity index (χ4n) is 3.22. The van der Waals surface area contributed by atoms with Gasteiger partial charge in [0.05, 0.1) is 0 Å². The highest BCUT2D eigenvalue weighted by atomic mass is 32.2. The maximum Gasteiger partial charge on any atom is 0.247 e. The van der Waals surface area contributed by atoms with E-state index in [0.717, 1.165) is 6.61 Å². The topological polar surface area (TPSA) is 9.23 Å². The molecule has 3 aromatic carbocycles. The second-order valence-electron chi connectivity index (χ2n) is 6.19. The van der Waals surface area contributed by atoms with Crippen LogP contribution in [-0.2, 0) is 4.43 Å². The summed E-state index contributed by atoms with van der Waals surface area (Å²) in [6.45, 7) is 0.920. The molecule has 3 aromatic rings. The van der Waals surface area contributed by atoms with Crippen molar-refractivity contribution in [2.24, 2.45) is 0 Å². The smallest absolute Gasteiger partial charge is 0.247 e. The van der Waals surface area contributed by atoms with Gasteiger partial charge in [0.1, 0.15) is 0 Å². The molecular formula is C22H21OSSi. The molecule has 0 bridgehead atoms. The summed E-state index contributed by atoms with van der Waals surface area (Å²) in [6.07, 6.45) is 2.50. The summed E-state index contributed by atoms with van der Waals surface area (Å²) < 4.78 is 6.18. The molecule has 0 spiro atoms. The lowest BCUT2D eigenvalue weighted by Gasteiger charge is -2.23. The molecule has 0 N–H and O–H groups in total. The van der Waals surface area contributed by atoms with Gasteiger partial charge in [-0.2, -0.15) is 0 Å². The average molecular weight is 362 g/mol. The third kappa shape index (κ3) is 3.89. The summed E-state index contributed by atoms with van der Waals surface area (Å²) in [5.41, 5.74) is 2.66. The van der Waals surface area contributed by atoms with Crippen LogP contribution in [0.4, 0.5) is 0 Å². The van der Waals surface area contributed by atoms with Gasteiger partial charge in [0.25, 0.3) is 0 Å². The molecular weight excluding hydrogens is 340 g/mol. The van der Waals surface area contributed by atoms with E-state index < -0.39 is 9.04 Å². The highest BCUT2D eigenvalue weighted by molar-refractivity contribution is 7.99. The molecule has 0 aromatic heterocycles. The van der Waals surface area contributed by atoms with Gasteiger partial charge in [-0.15, -0.1) is 0 Å². The Balaban J connectivity index is 1.73. The maximum atomic E-state index is 6.18. The van der Waals surface area contributed by atoms with Crippen molar-refractivity contribution in [3.63, 3.8) is 0 Å². The van der Waals surface area contributed by atoms with Crippen LogP contribution in [0, 0.1) is 0 Å². The van der Waals surface area contributed by atoms with E-state index in [-0.39, 0.29) is 0 Å². The molecule has 1 aliphatic heterocycles. The lowest BCUT2D eigenvalue weighted by atomic mass is 10.1. The SMILES string of the molecule is c1ccc(Sc2ccccc2-c2ccccc2[Si]2CCCCO2)cc1. The van der Waals surface area contributed by atoms with Gasteiger partial charge in [0, 0.05) is 16.4 Å². The van der Waals surface area contributed by atoms with Gasteiger partial charge < -0.3 is 4.43 Å². The Hall–Kier alpha value is -1.81. The van der Waals surface area contributed by atoms with E-state index >= 15 is 0 Å². The first-order chi connectivity index (χ1) is 12.4. The van der Waals surface area contributed by atoms with E-state index in [9.17, 15) is 0 Å². The number of hydrogen-bond donors (Lipinski definition) is 0. The van der Waals surface area contributed by atoms with Crippen molar-refractivity contribution in [2.75, 3.05) is 6.61 Å². The number of rotatable bonds is 4. The molecule has 3 heteroatoms. The fourth-order valence-corrected chi connectivity index (χ4v) is 6.54. The quantitative estimate of drug-likeness (QED) is 0.566. The van der Waals surface area contributed by atoms with Gasteiger partial charge in [-0.3, -0.25) is 0 Å². The van der Waals surface area contributed by atoms with Crippen molar-refractivity contribution in [2.45, 2.75) is 28.7 Å². The number of benzene rings is 3. The summed E-state index contributed by atoms with van der Waals surface area (Å²) >= 11 is 1.83. The molecule has 25 heavy (non-hydrogen) atoms. The van der Waals surface area contributed by atoms with Gasteiger partial charge in [0.15, 0.2) is 0 Å². The second-order valence-corrected chi connectivity index (χ2v) is 9.47. The van der Waals surface area contributed by atoms with Crippen molar-refractivity contribution >= 4 is 26.0 Å². The standard InChI is InChI=1S/C22H21OSSi/c1-2-10-18(11-3-1)24-21-14-6-4-12-19(21)20-13-5-7-15-22(20)25-17-9-8-16-23-25/h1-7,10-15H,8-9,16-17H2. The van der Waals surface area contributed by atoms with Crippen LogP contribution < -0.4 is 5.19 Å². The summed E-state index contributed by atoms with van der Waals surface area (Å²) in [6, 6.07) is 29.4. The Morgan fingerprint density at radius 2 is 1.44 bits per heavy atom. The van der Waals surface area contributed by atoms with Gasteiger partial charge in [-0.05, 0) is 47.0 Å². The monoisotopic (exact) mass is 361 g/mol. The van der Waals surface area contributed by atoms with Crippen molar-refractivity contribution in [3.8, 4) is 11.1 Å². The highest BCUT2D eigenvalue weighted by Gasteiger charge is 2.23. The minimum atomic E-state index is -0.900. The molecule has 1 saturated heterocycles. The molecule has 4 rings (SSSR count). The van der Waals surface area contributed by atoms with Crippen LogP contribution in [-0.4, -0.2) is 15.6 Å². The molecule has 0 aliphatic carbocycles. The third-order valence-corrected chi connectivity index (χ3v) is 7.93. The predicted octanol–water partition coefficient (Wildman–Crippen LogP) is 5.51. The predicted molar refractivity (Wildman–Crippen MR) is 108 cm³/mol. The van der Waals surface area contributed by atoms with Gasteiger partial charge >= 0.3 is 0 Å². The van der Waals surface area contributed by atoms with Crippen molar-refractivity contribution in [3.05, 3.63) is 78.9 Å². The van der Waals surface area contributed by atoms with E-state index in [4.69, 9.17) is 4.43 Å². The van der Waals surface area contributed by atoms with Crippen LogP contribution in [0.1, 0.15) is 12.8 Å². The summed E-state index contributed by atoms with van der Waals surface area (Å²) in [5, 5.41) is 1.42. The summed E-state index contributed by atoms with van der Waals surface area (Å²) in [5.74, 6) is 0. The van der Waals surface area contributed by atoms with Gasteiger partial charge in [-0.1, -0.05) is 78.8 Å². The average Bonchev–Trinajstić information content (AvgIpc) is 2.70. The van der Waals surface area contributed by atoms with E-state index in [1.807, 2.05) is 11.8 Å². The van der Waals surface area contributed by atoms with Crippen LogP contribution >= 0.6 is 11.8 Å². The third-order valence-electron chi connectivity index (χ3n) is 4.45. The Bertz CT molecular complexity index is 828. The fraction of sp³-hybridized carbons (Fsp3) is 0.182. The normalized spacial score (nSPS) is 15.2. The Morgan fingerprint density at radius 3 is 2.24 bits per heavy atom. The van der Waals surface area contributed by atoms with Crippen molar-refractivity contribution < 1.29 is 4.43 Å². The molecule has 1 fully saturated rings. The minimum absolute atomic E-state index is 0.900. The first-order valence-corrected chi connectivity index (χ1v) is 11.3. The zero-order chi connectivity index (χ0) is 16.9. The largest absolute Gasteiger partial charge is 0.412 e. The van der Waals surface area contributed by atoms with E-state index in [2.05, 4.69) is 78.9 Å². The lowest BCUT2D eigenvalue weighted by molar-refractivity contribution is 0.294. The molecule has 1 radical (unpaired) electrons. The van der Waals surface area contributed by atoms with Crippen LogP contribution in [0.3, 0.4) is 0 Å². The Labute approximate surface area is 155 Å². The zero-order valence-electron chi connectivity index (χ0n) is 14.2. The molecule has 1 nitrogen and oxygen atoms in total. The molecule has 1 heterocycles. The molecule has 0 amide bonds. The molecule has 0 atom stereocenters. The Kier molecular flexibility index (Phi) is 5.36.